The van der Waals surface area contributed by atoms with Gasteiger partial charge in [0, 0.05) is 0 Å². The molecule has 0 aliphatic carbocycles. The van der Waals surface area contributed by atoms with Crippen LogP contribution < -0.4 is 0 Å². The quantitative estimate of drug-likeness (QED) is 0.737. The van der Waals surface area contributed by atoms with Crippen LogP contribution in [-0.2, 0) is 0 Å². The third kappa shape index (κ3) is 3.75. The maximum atomic E-state index is 2.94. The summed E-state index contributed by atoms with van der Waals surface area (Å²) in [7, 11) is 0. The Morgan fingerprint density at radius 2 is 0.632 bits per heavy atom. The second-order valence-electron chi connectivity index (χ2n) is 6.31. The zero-order valence-corrected chi connectivity index (χ0v) is 14.3. The van der Waals surface area contributed by atoms with Gasteiger partial charge in [0.2, 0.25) is 0 Å². The van der Waals surface area contributed by atoms with Gasteiger partial charge in [0.1, 0.15) is 0 Å². The number of rotatable bonds is 3. The average Bonchev–Trinajstić information content (AvgIpc) is 2.51. The Morgan fingerprint density at radius 1 is 0.368 bits per heavy atom. The first-order chi connectivity index (χ1) is 9.45. The van der Waals surface area contributed by atoms with Crippen LogP contribution in [0.25, 0.3) is 0 Å². The molecule has 0 radical (unpaired) electrons. The number of hydrogen-bond acceptors (Lipinski definition) is 3. The third-order valence-electron chi connectivity index (χ3n) is 4.76. The van der Waals surface area contributed by atoms with Crippen molar-refractivity contribution in [2.75, 3.05) is 39.3 Å². The van der Waals surface area contributed by atoms with Gasteiger partial charge in [-0.3, -0.25) is 0 Å². The Hall–Kier alpha value is 0.438. The van der Waals surface area contributed by atoms with Crippen molar-refractivity contribution in [2.45, 2.75) is 57.8 Å². The molecule has 3 saturated heterocycles. The van der Waals surface area contributed by atoms with Crippen LogP contribution in [0.5, 0.6) is 0 Å². The number of nitrogens with zero attached hydrogens (tertiary/aromatic N) is 3. The van der Waals surface area contributed by atoms with E-state index in [0.29, 0.717) is 0 Å². The van der Waals surface area contributed by atoms with Gasteiger partial charge >= 0.3 is 124 Å². The van der Waals surface area contributed by atoms with Gasteiger partial charge < -0.3 is 0 Å². The Morgan fingerprint density at radius 3 is 0.895 bits per heavy atom. The van der Waals surface area contributed by atoms with Crippen molar-refractivity contribution in [2.24, 2.45) is 0 Å². The number of piperidine rings is 3. The number of hydrogen-bond donors (Lipinski definition) is 0. The Kier molecular flexibility index (Phi) is 5.64. The summed E-state index contributed by atoms with van der Waals surface area (Å²) in [6.07, 6.45) is 13.1. The fourth-order valence-corrected chi connectivity index (χ4v) is 9.99. The van der Waals surface area contributed by atoms with E-state index >= 15 is 0 Å². The molecule has 0 unspecified atom stereocenters. The zero-order chi connectivity index (χ0) is 12.9. The van der Waals surface area contributed by atoms with Crippen LogP contribution >= 0.6 is 0 Å². The van der Waals surface area contributed by atoms with Crippen molar-refractivity contribution in [3.63, 3.8) is 0 Å². The van der Waals surface area contributed by atoms with Crippen molar-refractivity contribution < 1.29 is 0 Å². The molecule has 0 aromatic heterocycles. The molecule has 0 N–H and O–H groups in total. The SMILES string of the molecule is C1CCN([As](N2CCCCC2)N2CCCCC2)CC1. The van der Waals surface area contributed by atoms with Gasteiger partial charge in [-0.15, -0.1) is 0 Å². The molecule has 0 aromatic rings. The van der Waals surface area contributed by atoms with Gasteiger partial charge in [0.15, 0.2) is 0 Å². The molecule has 3 nitrogen and oxygen atoms in total. The van der Waals surface area contributed by atoms with E-state index in [0.717, 1.165) is 0 Å². The molecule has 110 valence electrons. The van der Waals surface area contributed by atoms with Crippen molar-refractivity contribution >= 4 is 15.3 Å². The van der Waals surface area contributed by atoms with E-state index < -0.39 is 15.3 Å². The van der Waals surface area contributed by atoms with Crippen LogP contribution in [0.3, 0.4) is 0 Å². The summed E-state index contributed by atoms with van der Waals surface area (Å²) in [6.45, 7) is 8.38. The standard InChI is InChI=1S/C15H30AsN3/c1-4-10-17(11-5-1)16(18-12-6-2-7-13-18)19-14-8-3-9-15-19/h1-15H2. The van der Waals surface area contributed by atoms with Crippen molar-refractivity contribution in [1.29, 1.82) is 0 Å². The van der Waals surface area contributed by atoms with Gasteiger partial charge in [0.25, 0.3) is 0 Å². The van der Waals surface area contributed by atoms with E-state index in [1.807, 2.05) is 0 Å². The molecule has 0 bridgehead atoms. The monoisotopic (exact) mass is 327 g/mol. The molecular formula is C15H30AsN3. The minimum absolute atomic E-state index is 1.06. The van der Waals surface area contributed by atoms with E-state index in [2.05, 4.69) is 11.5 Å². The van der Waals surface area contributed by atoms with Crippen LogP contribution in [0.2, 0.25) is 0 Å². The predicted molar refractivity (Wildman–Crippen MR) is 82.0 cm³/mol. The van der Waals surface area contributed by atoms with Gasteiger partial charge in [-0.05, 0) is 0 Å². The van der Waals surface area contributed by atoms with Gasteiger partial charge in [-0.25, -0.2) is 0 Å². The second kappa shape index (κ2) is 7.45. The zero-order valence-electron chi connectivity index (χ0n) is 12.4. The predicted octanol–water partition coefficient (Wildman–Crippen LogP) is 2.43. The van der Waals surface area contributed by atoms with Crippen LogP contribution in [0.4, 0.5) is 0 Å². The van der Waals surface area contributed by atoms with E-state index in [4.69, 9.17) is 0 Å². The summed E-state index contributed by atoms with van der Waals surface area (Å²) in [5.74, 6) is 0. The molecule has 0 saturated carbocycles. The van der Waals surface area contributed by atoms with Crippen LogP contribution in [0, 0.1) is 0 Å². The summed E-state index contributed by atoms with van der Waals surface area (Å²) >= 11 is -1.06. The normalized spacial score (nSPS) is 28.9. The molecule has 0 amide bonds. The Balaban J connectivity index is 1.68. The van der Waals surface area contributed by atoms with Crippen LogP contribution in [0.1, 0.15) is 57.8 Å². The molecule has 3 heterocycles. The first-order valence-electron chi connectivity index (χ1n) is 8.50. The van der Waals surface area contributed by atoms with E-state index in [1.54, 1.807) is 0 Å². The topological polar surface area (TPSA) is 9.72 Å². The summed E-state index contributed by atoms with van der Waals surface area (Å²) in [6, 6.07) is 0. The molecule has 0 atom stereocenters. The van der Waals surface area contributed by atoms with Gasteiger partial charge in [-0.2, -0.15) is 0 Å². The molecule has 3 rings (SSSR count). The first kappa shape index (κ1) is 14.4. The third-order valence-corrected chi connectivity index (χ3v) is 10.5. The Bertz CT molecular complexity index is 213. The van der Waals surface area contributed by atoms with E-state index in [1.165, 1.54) is 97.1 Å². The van der Waals surface area contributed by atoms with E-state index in [9.17, 15) is 0 Å². The fourth-order valence-electron chi connectivity index (χ4n) is 3.70. The van der Waals surface area contributed by atoms with Crippen molar-refractivity contribution in [3.8, 4) is 0 Å². The molecular weight excluding hydrogens is 297 g/mol. The molecule has 19 heavy (non-hydrogen) atoms. The molecule has 3 aliphatic heterocycles. The molecule has 0 aromatic carbocycles. The Labute approximate surface area is 124 Å². The van der Waals surface area contributed by atoms with Crippen molar-refractivity contribution in [1.82, 2.24) is 11.5 Å². The fraction of sp³-hybridized carbons (Fsp3) is 1.00. The molecule has 3 fully saturated rings. The molecule has 0 spiro atoms. The summed E-state index contributed by atoms with van der Waals surface area (Å²) in [5.41, 5.74) is 0. The van der Waals surface area contributed by atoms with Crippen molar-refractivity contribution in [3.05, 3.63) is 0 Å². The minimum atomic E-state index is -1.06. The average molecular weight is 327 g/mol. The van der Waals surface area contributed by atoms with Gasteiger partial charge in [-0.1, -0.05) is 0 Å². The molecule has 3 aliphatic rings. The van der Waals surface area contributed by atoms with Gasteiger partial charge in [0.05, 0.1) is 0 Å². The summed E-state index contributed by atoms with van der Waals surface area (Å²) in [4.78, 5) is 0. The second-order valence-corrected chi connectivity index (χ2v) is 11.0. The molecule has 4 heteroatoms. The first-order valence-corrected chi connectivity index (χ1v) is 11.0. The maximum absolute atomic E-state index is 2.94. The van der Waals surface area contributed by atoms with Crippen LogP contribution in [0.15, 0.2) is 0 Å². The summed E-state index contributed by atoms with van der Waals surface area (Å²) < 4.78 is 8.81. The van der Waals surface area contributed by atoms with E-state index in [-0.39, 0.29) is 0 Å². The summed E-state index contributed by atoms with van der Waals surface area (Å²) in [5, 5.41) is 0. The van der Waals surface area contributed by atoms with Crippen LogP contribution in [-0.4, -0.2) is 66.0 Å².